The van der Waals surface area contributed by atoms with E-state index in [0.717, 1.165) is 11.1 Å². The molecule has 1 atom stereocenters. The molecule has 1 N–H and O–H groups in total. The minimum Gasteiger partial charge on any atom is -0.350 e. The number of sulfonamides is 1. The fourth-order valence-corrected chi connectivity index (χ4v) is 4.78. The van der Waals surface area contributed by atoms with Crippen LogP contribution in [0, 0.1) is 6.92 Å². The molecule has 2 amide bonds. The minimum absolute atomic E-state index is 0.133. The van der Waals surface area contributed by atoms with Gasteiger partial charge in [0.05, 0.1) is 4.90 Å². The second-order valence-electron chi connectivity index (χ2n) is 9.67. The van der Waals surface area contributed by atoms with E-state index in [2.05, 4.69) is 5.32 Å². The molecular formula is C26H37N3O4S. The predicted octanol–water partition coefficient (Wildman–Crippen LogP) is 3.73. The number of rotatable bonds is 10. The molecule has 0 unspecified atom stereocenters. The van der Waals surface area contributed by atoms with Crippen LogP contribution in [-0.4, -0.2) is 54.6 Å². The molecule has 0 aliphatic rings. The van der Waals surface area contributed by atoms with Crippen LogP contribution < -0.4 is 5.32 Å². The van der Waals surface area contributed by atoms with Gasteiger partial charge in [-0.15, -0.1) is 0 Å². The number of nitrogens with zero attached hydrogens (tertiary/aromatic N) is 2. The molecule has 2 aromatic rings. The fourth-order valence-electron chi connectivity index (χ4n) is 3.55. The molecule has 2 aromatic carbocycles. The zero-order chi connectivity index (χ0) is 25.5. The maximum absolute atomic E-state index is 13.2. The van der Waals surface area contributed by atoms with Crippen molar-refractivity contribution < 1.29 is 18.0 Å². The summed E-state index contributed by atoms with van der Waals surface area (Å²) in [5.74, 6) is -0.416. The first-order valence-corrected chi connectivity index (χ1v) is 12.9. The Labute approximate surface area is 204 Å². The first-order chi connectivity index (χ1) is 15.8. The van der Waals surface area contributed by atoms with Crippen LogP contribution in [0.25, 0.3) is 0 Å². The van der Waals surface area contributed by atoms with Crippen LogP contribution in [0.3, 0.4) is 0 Å². The van der Waals surface area contributed by atoms with Gasteiger partial charge in [-0.05, 0) is 58.7 Å². The number of hydrogen-bond donors (Lipinski definition) is 1. The highest BCUT2D eigenvalue weighted by Crippen LogP contribution is 2.17. The molecule has 2 rings (SSSR count). The van der Waals surface area contributed by atoms with Crippen LogP contribution >= 0.6 is 0 Å². The second kappa shape index (κ2) is 11.6. The van der Waals surface area contributed by atoms with Gasteiger partial charge in [-0.1, -0.05) is 48.0 Å². The van der Waals surface area contributed by atoms with E-state index >= 15 is 0 Å². The molecule has 8 heteroatoms. The van der Waals surface area contributed by atoms with Crippen LogP contribution in [0.4, 0.5) is 0 Å². The second-order valence-corrected chi connectivity index (χ2v) is 11.7. The zero-order valence-electron chi connectivity index (χ0n) is 21.0. The van der Waals surface area contributed by atoms with Gasteiger partial charge in [-0.25, -0.2) is 12.7 Å². The molecule has 186 valence electrons. The van der Waals surface area contributed by atoms with Crippen molar-refractivity contribution in [3.05, 3.63) is 65.7 Å². The minimum atomic E-state index is -3.62. The molecule has 0 aliphatic carbocycles. The summed E-state index contributed by atoms with van der Waals surface area (Å²) in [6.07, 6.45) is 0.479. The molecular weight excluding hydrogens is 450 g/mol. The Morgan fingerprint density at radius 3 is 2.26 bits per heavy atom. The average molecular weight is 488 g/mol. The van der Waals surface area contributed by atoms with Crippen molar-refractivity contribution in [1.82, 2.24) is 14.5 Å². The van der Waals surface area contributed by atoms with E-state index in [4.69, 9.17) is 0 Å². The summed E-state index contributed by atoms with van der Waals surface area (Å²) in [4.78, 5) is 27.9. The van der Waals surface area contributed by atoms with Crippen molar-refractivity contribution in [2.75, 3.05) is 13.6 Å². The molecule has 0 fully saturated rings. The number of nitrogens with one attached hydrogen (secondary N) is 1. The third-order valence-corrected chi connectivity index (χ3v) is 7.29. The van der Waals surface area contributed by atoms with Gasteiger partial charge >= 0.3 is 0 Å². The van der Waals surface area contributed by atoms with E-state index in [1.807, 2.05) is 52.0 Å². The van der Waals surface area contributed by atoms with Gasteiger partial charge in [0.1, 0.15) is 6.04 Å². The highest BCUT2D eigenvalue weighted by molar-refractivity contribution is 7.89. The fraction of sp³-hybridized carbons (Fsp3) is 0.462. The van der Waals surface area contributed by atoms with E-state index in [-0.39, 0.29) is 29.7 Å². The lowest BCUT2D eigenvalue weighted by Crippen LogP contribution is -2.52. The summed E-state index contributed by atoms with van der Waals surface area (Å²) < 4.78 is 26.7. The molecule has 0 aliphatic heterocycles. The predicted molar refractivity (Wildman–Crippen MR) is 135 cm³/mol. The molecule has 7 nitrogen and oxygen atoms in total. The third-order valence-electron chi connectivity index (χ3n) is 5.42. The van der Waals surface area contributed by atoms with Gasteiger partial charge < -0.3 is 10.2 Å². The first kappa shape index (κ1) is 27.5. The summed E-state index contributed by atoms with van der Waals surface area (Å²) in [5.41, 5.74) is 1.59. The molecule has 34 heavy (non-hydrogen) atoms. The van der Waals surface area contributed by atoms with Crippen LogP contribution in [0.5, 0.6) is 0 Å². The quantitative estimate of drug-likeness (QED) is 0.553. The SMILES string of the molecule is Cc1cccc(CN(C(=O)CCCN(C)S(=O)(=O)c2ccccc2)[C@@H](C)C(=O)NC(C)(C)C)c1. The lowest BCUT2D eigenvalue weighted by atomic mass is 10.1. The molecule has 0 saturated carbocycles. The van der Waals surface area contributed by atoms with Gasteiger partial charge in [0, 0.05) is 32.1 Å². The van der Waals surface area contributed by atoms with Crippen molar-refractivity contribution in [3.63, 3.8) is 0 Å². The summed E-state index contributed by atoms with van der Waals surface area (Å²) in [6.45, 7) is 9.89. The lowest BCUT2D eigenvalue weighted by molar-refractivity contribution is -0.141. The van der Waals surface area contributed by atoms with Gasteiger partial charge in [0.2, 0.25) is 21.8 Å². The molecule has 0 spiro atoms. The van der Waals surface area contributed by atoms with Crippen LogP contribution in [-0.2, 0) is 26.2 Å². The van der Waals surface area contributed by atoms with Crippen molar-refractivity contribution in [3.8, 4) is 0 Å². The molecule has 0 radical (unpaired) electrons. The molecule has 0 saturated heterocycles. The molecule has 0 aromatic heterocycles. The van der Waals surface area contributed by atoms with Gasteiger partial charge in [0.25, 0.3) is 0 Å². The summed E-state index contributed by atoms with van der Waals surface area (Å²) in [7, 11) is -2.11. The Balaban J connectivity index is 2.10. The summed E-state index contributed by atoms with van der Waals surface area (Å²) >= 11 is 0. The largest absolute Gasteiger partial charge is 0.350 e. The number of amides is 2. The van der Waals surface area contributed by atoms with E-state index in [1.54, 1.807) is 42.2 Å². The van der Waals surface area contributed by atoms with Gasteiger partial charge in [0.15, 0.2) is 0 Å². The first-order valence-electron chi connectivity index (χ1n) is 11.5. The number of hydrogen-bond acceptors (Lipinski definition) is 4. The van der Waals surface area contributed by atoms with Crippen LogP contribution in [0.15, 0.2) is 59.5 Å². The maximum atomic E-state index is 13.2. The Hall–Kier alpha value is -2.71. The number of aryl methyl sites for hydroxylation is 1. The Kier molecular flexibility index (Phi) is 9.41. The maximum Gasteiger partial charge on any atom is 0.242 e. The topological polar surface area (TPSA) is 86.8 Å². The standard InChI is InChI=1S/C26H37N3O4S/c1-20-12-10-13-22(18-20)19-29(21(2)25(31)27-26(3,4)5)24(30)16-11-17-28(6)34(32,33)23-14-8-7-9-15-23/h7-10,12-15,18,21H,11,16-17,19H2,1-6H3,(H,27,31)/t21-/m0/s1. The molecule has 0 bridgehead atoms. The van der Waals surface area contributed by atoms with Crippen molar-refractivity contribution in [2.45, 2.75) is 70.5 Å². The van der Waals surface area contributed by atoms with E-state index < -0.39 is 21.6 Å². The Bertz CT molecular complexity index is 1080. The van der Waals surface area contributed by atoms with Gasteiger partial charge in [-0.2, -0.15) is 0 Å². The average Bonchev–Trinajstić information content (AvgIpc) is 2.76. The smallest absolute Gasteiger partial charge is 0.242 e. The van der Waals surface area contributed by atoms with Crippen molar-refractivity contribution >= 4 is 21.8 Å². The normalized spacial score (nSPS) is 12.9. The monoisotopic (exact) mass is 487 g/mol. The Morgan fingerprint density at radius 1 is 1.03 bits per heavy atom. The number of benzene rings is 2. The number of carbonyl (C=O) groups is 2. The third kappa shape index (κ3) is 7.95. The van der Waals surface area contributed by atoms with Gasteiger partial charge in [-0.3, -0.25) is 9.59 Å². The summed E-state index contributed by atoms with van der Waals surface area (Å²) in [5, 5.41) is 2.94. The highest BCUT2D eigenvalue weighted by atomic mass is 32.2. The van der Waals surface area contributed by atoms with Crippen LogP contribution in [0.1, 0.15) is 51.7 Å². The number of carbonyl (C=O) groups excluding carboxylic acids is 2. The van der Waals surface area contributed by atoms with E-state index in [0.29, 0.717) is 13.0 Å². The zero-order valence-corrected chi connectivity index (χ0v) is 21.9. The lowest BCUT2D eigenvalue weighted by Gasteiger charge is -2.31. The van der Waals surface area contributed by atoms with E-state index in [9.17, 15) is 18.0 Å². The van der Waals surface area contributed by atoms with Crippen molar-refractivity contribution in [2.24, 2.45) is 0 Å². The molecule has 0 heterocycles. The van der Waals surface area contributed by atoms with Crippen molar-refractivity contribution in [1.29, 1.82) is 0 Å². The van der Waals surface area contributed by atoms with Crippen LogP contribution in [0.2, 0.25) is 0 Å². The Morgan fingerprint density at radius 2 is 1.68 bits per heavy atom. The van der Waals surface area contributed by atoms with E-state index in [1.165, 1.54) is 11.4 Å². The summed E-state index contributed by atoms with van der Waals surface area (Å²) in [6, 6.07) is 15.4. The highest BCUT2D eigenvalue weighted by Gasteiger charge is 2.28.